The van der Waals surface area contributed by atoms with E-state index < -0.39 is 0 Å². The van der Waals surface area contributed by atoms with E-state index in [0.29, 0.717) is 25.6 Å². The van der Waals surface area contributed by atoms with Crippen molar-refractivity contribution in [1.82, 2.24) is 20.2 Å². The van der Waals surface area contributed by atoms with Gasteiger partial charge < -0.3 is 15.1 Å². The number of nitrogens with zero attached hydrogens (tertiary/aromatic N) is 4. The van der Waals surface area contributed by atoms with Crippen molar-refractivity contribution in [2.24, 2.45) is 5.92 Å². The smallest absolute Gasteiger partial charge is 0.317 e. The zero-order valence-electron chi connectivity index (χ0n) is 20.5. The van der Waals surface area contributed by atoms with Gasteiger partial charge in [-0.1, -0.05) is 51.1 Å². The van der Waals surface area contributed by atoms with Crippen LogP contribution in [0.4, 0.5) is 10.6 Å². The highest BCUT2D eigenvalue weighted by molar-refractivity contribution is 7.19. The number of carbonyl (C=O) groups excluding carboxylic acids is 1. The molecule has 180 valence electrons. The molecule has 0 saturated carbocycles. The van der Waals surface area contributed by atoms with Crippen LogP contribution in [0.5, 0.6) is 0 Å². The molecule has 0 spiro atoms. The van der Waals surface area contributed by atoms with E-state index in [2.05, 4.69) is 31.0 Å². The summed E-state index contributed by atoms with van der Waals surface area (Å²) in [4.78, 5) is 29.9. The van der Waals surface area contributed by atoms with Gasteiger partial charge in [-0.05, 0) is 42.7 Å². The minimum Gasteiger partial charge on any atom is -0.352 e. The van der Waals surface area contributed by atoms with Crippen molar-refractivity contribution in [3.05, 3.63) is 52.2 Å². The molecule has 2 amide bonds. The lowest BCUT2D eigenvalue weighted by Crippen LogP contribution is -2.52. The van der Waals surface area contributed by atoms with E-state index in [0.717, 1.165) is 60.3 Å². The summed E-state index contributed by atoms with van der Waals surface area (Å²) in [5.41, 5.74) is 2.60. The van der Waals surface area contributed by atoms with Gasteiger partial charge in [-0.25, -0.2) is 14.8 Å². The fourth-order valence-corrected chi connectivity index (χ4v) is 6.36. The minimum absolute atomic E-state index is 0.0125. The number of amides is 2. The molecule has 2 atom stereocenters. The van der Waals surface area contributed by atoms with Crippen molar-refractivity contribution in [3.8, 4) is 0 Å². The lowest BCUT2D eigenvalue weighted by molar-refractivity contribution is 0.194. The van der Waals surface area contributed by atoms with Gasteiger partial charge in [-0.3, -0.25) is 0 Å². The molecule has 0 radical (unpaired) electrons. The summed E-state index contributed by atoms with van der Waals surface area (Å²) in [6, 6.07) is 10.1. The van der Waals surface area contributed by atoms with E-state index in [1.807, 2.05) is 46.6 Å². The molecule has 1 N–H and O–H groups in total. The molecule has 2 aromatic heterocycles. The highest BCUT2D eigenvalue weighted by Crippen LogP contribution is 2.41. The number of hydrogen-bond acceptors (Lipinski definition) is 5. The maximum absolute atomic E-state index is 12.8. The zero-order chi connectivity index (χ0) is 23.7. The van der Waals surface area contributed by atoms with E-state index in [1.54, 1.807) is 0 Å². The van der Waals surface area contributed by atoms with E-state index in [1.165, 1.54) is 22.2 Å². The monoisotopic (exact) mass is 477 g/mol. The SMILES string of the molecule is CC[C@H](C)c1nc(N2CCN(C(=O)NCc3ccccc3)CC2)c2c3c(sc2n1)C[C@@H](C)CC3. The Balaban J connectivity index is 1.35. The Kier molecular flexibility index (Phi) is 6.73. The Bertz CT molecular complexity index is 1150. The molecule has 1 fully saturated rings. The number of rotatable bonds is 5. The number of aromatic nitrogens is 2. The first-order chi connectivity index (χ1) is 16.5. The predicted molar refractivity (Wildman–Crippen MR) is 140 cm³/mol. The van der Waals surface area contributed by atoms with Crippen LogP contribution in [0.15, 0.2) is 30.3 Å². The van der Waals surface area contributed by atoms with Crippen LogP contribution in [0.1, 0.15) is 61.4 Å². The quantitative estimate of drug-likeness (QED) is 0.537. The van der Waals surface area contributed by atoms with Gasteiger partial charge in [0.2, 0.25) is 0 Å². The zero-order valence-corrected chi connectivity index (χ0v) is 21.3. The van der Waals surface area contributed by atoms with Gasteiger partial charge in [0, 0.05) is 43.5 Å². The van der Waals surface area contributed by atoms with Gasteiger partial charge in [0.05, 0.1) is 5.39 Å². The molecule has 1 saturated heterocycles. The number of urea groups is 1. The van der Waals surface area contributed by atoms with Gasteiger partial charge in [0.25, 0.3) is 0 Å². The van der Waals surface area contributed by atoms with Crippen molar-refractivity contribution >= 4 is 33.4 Å². The first-order valence-corrected chi connectivity index (χ1v) is 13.5. The molecular weight excluding hydrogens is 442 g/mol. The normalized spacial score (nSPS) is 19.2. The Morgan fingerprint density at radius 3 is 2.68 bits per heavy atom. The number of nitrogens with one attached hydrogen (secondary N) is 1. The molecule has 3 aromatic rings. The summed E-state index contributed by atoms with van der Waals surface area (Å²) in [7, 11) is 0. The lowest BCUT2D eigenvalue weighted by atomic mass is 9.89. The van der Waals surface area contributed by atoms with Gasteiger partial charge in [-0.2, -0.15) is 0 Å². The third-order valence-electron chi connectivity index (χ3n) is 7.36. The summed E-state index contributed by atoms with van der Waals surface area (Å²) in [6.07, 6.45) is 4.55. The number of anilines is 1. The molecule has 0 unspecified atom stereocenters. The second-order valence-corrected chi connectivity index (χ2v) is 10.9. The fraction of sp³-hybridized carbons (Fsp3) is 0.519. The van der Waals surface area contributed by atoms with Crippen LogP contribution < -0.4 is 10.2 Å². The number of benzene rings is 1. The summed E-state index contributed by atoms with van der Waals surface area (Å²) >= 11 is 1.88. The van der Waals surface area contributed by atoms with Crippen LogP contribution in [0, 0.1) is 5.92 Å². The summed E-state index contributed by atoms with van der Waals surface area (Å²) in [5, 5.41) is 4.35. The molecule has 1 aliphatic carbocycles. The van der Waals surface area contributed by atoms with Crippen LogP contribution in [-0.4, -0.2) is 47.1 Å². The third kappa shape index (κ3) is 4.63. The Morgan fingerprint density at radius 2 is 1.94 bits per heavy atom. The van der Waals surface area contributed by atoms with Crippen LogP contribution in [0.3, 0.4) is 0 Å². The Labute approximate surface area is 206 Å². The largest absolute Gasteiger partial charge is 0.352 e. The molecule has 2 aliphatic rings. The highest BCUT2D eigenvalue weighted by Gasteiger charge is 2.29. The maximum Gasteiger partial charge on any atom is 0.317 e. The number of piperazine rings is 1. The van der Waals surface area contributed by atoms with Crippen LogP contribution in [0.25, 0.3) is 10.2 Å². The molecule has 1 aliphatic heterocycles. The van der Waals surface area contributed by atoms with Crippen LogP contribution >= 0.6 is 11.3 Å². The van der Waals surface area contributed by atoms with Gasteiger partial charge in [0.1, 0.15) is 16.5 Å². The number of fused-ring (bicyclic) bond motifs is 3. The summed E-state index contributed by atoms with van der Waals surface area (Å²) in [5.74, 6) is 3.13. The molecule has 5 rings (SSSR count). The molecule has 3 heterocycles. The van der Waals surface area contributed by atoms with E-state index in [-0.39, 0.29) is 6.03 Å². The second-order valence-electron chi connectivity index (χ2n) is 9.87. The first-order valence-electron chi connectivity index (χ1n) is 12.7. The number of thiophene rings is 1. The van der Waals surface area contributed by atoms with Crippen molar-refractivity contribution < 1.29 is 4.79 Å². The van der Waals surface area contributed by atoms with Crippen molar-refractivity contribution in [1.29, 1.82) is 0 Å². The molecular formula is C27H35N5OS. The highest BCUT2D eigenvalue weighted by atomic mass is 32.1. The van der Waals surface area contributed by atoms with Crippen LogP contribution in [0.2, 0.25) is 0 Å². The van der Waals surface area contributed by atoms with Gasteiger partial charge in [0.15, 0.2) is 0 Å². The van der Waals surface area contributed by atoms with Crippen molar-refractivity contribution in [3.63, 3.8) is 0 Å². The second kappa shape index (κ2) is 9.90. The molecule has 0 bridgehead atoms. The molecule has 6 nitrogen and oxygen atoms in total. The molecule has 7 heteroatoms. The van der Waals surface area contributed by atoms with E-state index >= 15 is 0 Å². The van der Waals surface area contributed by atoms with Crippen molar-refractivity contribution in [2.75, 3.05) is 31.1 Å². The topological polar surface area (TPSA) is 61.4 Å². The summed E-state index contributed by atoms with van der Waals surface area (Å²) < 4.78 is 0. The standard InChI is InChI=1S/C27H35N5OS/c1-4-19(3)24-29-25(23-21-11-10-18(2)16-22(21)34-26(23)30-24)31-12-14-32(15-13-31)27(33)28-17-20-8-6-5-7-9-20/h5-9,18-19H,4,10-17H2,1-3H3,(H,28,33)/t18-,19-/m0/s1. The Morgan fingerprint density at radius 1 is 1.18 bits per heavy atom. The predicted octanol–water partition coefficient (Wildman–Crippen LogP) is 5.36. The third-order valence-corrected chi connectivity index (χ3v) is 8.51. The van der Waals surface area contributed by atoms with Gasteiger partial charge in [-0.15, -0.1) is 11.3 Å². The lowest BCUT2D eigenvalue weighted by Gasteiger charge is -2.36. The minimum atomic E-state index is 0.0125. The molecule has 1 aromatic carbocycles. The average Bonchev–Trinajstić information content (AvgIpc) is 3.24. The number of carbonyl (C=O) groups is 1. The molecule has 34 heavy (non-hydrogen) atoms. The average molecular weight is 478 g/mol. The van der Waals surface area contributed by atoms with Gasteiger partial charge >= 0.3 is 6.03 Å². The van der Waals surface area contributed by atoms with Crippen molar-refractivity contribution in [2.45, 2.75) is 58.9 Å². The maximum atomic E-state index is 12.8. The number of aryl methyl sites for hydroxylation is 1. The Hall–Kier alpha value is -2.67. The van der Waals surface area contributed by atoms with E-state index in [9.17, 15) is 4.79 Å². The summed E-state index contributed by atoms with van der Waals surface area (Å²) in [6.45, 7) is 10.3. The van der Waals surface area contributed by atoms with E-state index in [4.69, 9.17) is 9.97 Å². The number of hydrogen-bond donors (Lipinski definition) is 1. The first kappa shape index (κ1) is 23.1. The fourth-order valence-electron chi connectivity index (χ4n) is 4.98. The van der Waals surface area contributed by atoms with Crippen LogP contribution in [-0.2, 0) is 19.4 Å².